The van der Waals surface area contributed by atoms with E-state index in [-0.39, 0.29) is 5.12 Å². The Labute approximate surface area is 177 Å². The Balaban J connectivity index is 1.47. The molecule has 6 nitrogen and oxygen atoms in total. The number of nitrogens with one attached hydrogen (secondary N) is 2. The lowest BCUT2D eigenvalue weighted by Crippen LogP contribution is -2.25. The Morgan fingerprint density at radius 2 is 1.70 bits per heavy atom. The second-order valence-electron chi connectivity index (χ2n) is 6.73. The summed E-state index contributed by atoms with van der Waals surface area (Å²) in [5, 5.41) is 2.56. The van der Waals surface area contributed by atoms with Gasteiger partial charge < -0.3 is 9.73 Å². The fourth-order valence-corrected chi connectivity index (χ4v) is 3.66. The topological polar surface area (TPSA) is 84.2 Å². The van der Waals surface area contributed by atoms with Crippen LogP contribution in [-0.2, 0) is 0 Å². The molecule has 0 aliphatic heterocycles. The standard InChI is InChI=1S/C23H19N3O3S/c1-14-8-3-4-9-16(14)22(27)30-26-23(28)25-18-12-7-10-17(15(18)2)21-24-19-11-5-6-13-20(19)29-21/h3-13H,1-2H3,(H2,25,26,28). The Morgan fingerprint density at radius 1 is 0.933 bits per heavy atom. The maximum Gasteiger partial charge on any atom is 0.329 e. The summed E-state index contributed by atoms with van der Waals surface area (Å²) in [4.78, 5) is 29.2. The number of fused-ring (bicyclic) bond motifs is 1. The number of nitrogens with zero attached hydrogens (tertiary/aromatic N) is 1. The largest absolute Gasteiger partial charge is 0.436 e. The Bertz CT molecular complexity index is 1220. The molecule has 30 heavy (non-hydrogen) atoms. The summed E-state index contributed by atoms with van der Waals surface area (Å²) >= 11 is 0.749. The molecule has 0 unspecified atom stereocenters. The molecule has 150 valence electrons. The van der Waals surface area contributed by atoms with Gasteiger partial charge in [0.25, 0.3) is 0 Å². The van der Waals surface area contributed by atoms with Crippen LogP contribution in [0.3, 0.4) is 0 Å². The first-order valence-corrected chi connectivity index (χ1v) is 10.1. The second kappa shape index (κ2) is 8.42. The molecule has 0 fully saturated rings. The molecule has 0 spiro atoms. The normalized spacial score (nSPS) is 10.7. The molecule has 2 N–H and O–H groups in total. The van der Waals surface area contributed by atoms with Gasteiger partial charge in [0.15, 0.2) is 5.58 Å². The summed E-state index contributed by atoms with van der Waals surface area (Å²) in [6.07, 6.45) is 0. The number of aryl methyl sites for hydroxylation is 1. The molecule has 0 aliphatic rings. The highest BCUT2D eigenvalue weighted by Gasteiger charge is 2.15. The highest BCUT2D eigenvalue weighted by atomic mass is 32.2. The fourth-order valence-electron chi connectivity index (χ4n) is 3.09. The number of carbonyl (C=O) groups is 2. The average molecular weight is 417 g/mol. The zero-order chi connectivity index (χ0) is 21.1. The molecule has 1 heterocycles. The van der Waals surface area contributed by atoms with Crippen LogP contribution in [0.5, 0.6) is 0 Å². The summed E-state index contributed by atoms with van der Waals surface area (Å²) in [7, 11) is 0. The molecule has 0 saturated heterocycles. The van der Waals surface area contributed by atoms with Crippen LogP contribution >= 0.6 is 11.9 Å². The van der Waals surface area contributed by atoms with E-state index in [0.29, 0.717) is 22.7 Å². The lowest BCUT2D eigenvalue weighted by Gasteiger charge is -2.11. The van der Waals surface area contributed by atoms with E-state index in [4.69, 9.17) is 4.42 Å². The van der Waals surface area contributed by atoms with Gasteiger partial charge >= 0.3 is 6.03 Å². The van der Waals surface area contributed by atoms with Crippen LogP contribution in [-0.4, -0.2) is 16.1 Å². The number of oxazole rings is 1. The zero-order valence-electron chi connectivity index (χ0n) is 16.4. The molecule has 4 aromatic rings. The molecular weight excluding hydrogens is 398 g/mol. The Hall–Kier alpha value is -3.58. The number of amides is 2. The van der Waals surface area contributed by atoms with Gasteiger partial charge in [0.2, 0.25) is 11.0 Å². The van der Waals surface area contributed by atoms with Gasteiger partial charge in [-0.1, -0.05) is 42.5 Å². The van der Waals surface area contributed by atoms with Crippen molar-refractivity contribution in [3.8, 4) is 11.5 Å². The SMILES string of the molecule is Cc1ccccc1C(=O)SNC(=O)Nc1cccc(-c2nc3ccccc3o2)c1C. The van der Waals surface area contributed by atoms with Gasteiger partial charge in [0.1, 0.15) is 5.52 Å². The van der Waals surface area contributed by atoms with E-state index in [9.17, 15) is 9.59 Å². The first kappa shape index (κ1) is 19.7. The van der Waals surface area contributed by atoms with Gasteiger partial charge in [-0.3, -0.25) is 9.52 Å². The van der Waals surface area contributed by atoms with E-state index in [1.807, 2.05) is 62.4 Å². The van der Waals surface area contributed by atoms with Gasteiger partial charge in [-0.2, -0.15) is 0 Å². The van der Waals surface area contributed by atoms with Crippen molar-refractivity contribution in [3.63, 3.8) is 0 Å². The van der Waals surface area contributed by atoms with E-state index in [1.54, 1.807) is 18.2 Å². The molecule has 4 rings (SSSR count). The predicted octanol–water partition coefficient (Wildman–Crippen LogP) is 5.72. The Morgan fingerprint density at radius 3 is 2.50 bits per heavy atom. The minimum Gasteiger partial charge on any atom is -0.436 e. The van der Waals surface area contributed by atoms with Crippen molar-refractivity contribution in [2.24, 2.45) is 0 Å². The molecule has 7 heteroatoms. The molecule has 0 radical (unpaired) electrons. The van der Waals surface area contributed by atoms with Gasteiger partial charge in [-0.05, 0) is 49.2 Å². The third-order valence-corrected chi connectivity index (χ3v) is 5.40. The third-order valence-electron chi connectivity index (χ3n) is 4.71. The summed E-state index contributed by atoms with van der Waals surface area (Å²) in [6, 6.07) is 19.8. The van der Waals surface area contributed by atoms with E-state index in [2.05, 4.69) is 15.0 Å². The van der Waals surface area contributed by atoms with Gasteiger partial charge in [0.05, 0.1) is 0 Å². The summed E-state index contributed by atoms with van der Waals surface area (Å²) in [6.45, 7) is 3.74. The predicted molar refractivity (Wildman–Crippen MR) is 119 cm³/mol. The third kappa shape index (κ3) is 4.06. The molecule has 0 atom stereocenters. The van der Waals surface area contributed by atoms with Crippen molar-refractivity contribution in [3.05, 3.63) is 83.4 Å². The van der Waals surface area contributed by atoms with Crippen LogP contribution in [0.1, 0.15) is 21.5 Å². The first-order valence-electron chi connectivity index (χ1n) is 9.32. The Kier molecular flexibility index (Phi) is 5.54. The molecular formula is C23H19N3O3S. The van der Waals surface area contributed by atoms with Crippen LogP contribution in [0.25, 0.3) is 22.6 Å². The number of urea groups is 1. The minimum atomic E-state index is -0.486. The van der Waals surface area contributed by atoms with Crippen LogP contribution < -0.4 is 10.0 Å². The van der Waals surface area contributed by atoms with Gasteiger partial charge in [0, 0.05) is 28.8 Å². The van der Waals surface area contributed by atoms with Crippen molar-refractivity contribution in [2.75, 3.05) is 5.32 Å². The molecule has 3 aromatic carbocycles. The number of anilines is 1. The fraction of sp³-hybridized carbons (Fsp3) is 0.0870. The monoisotopic (exact) mass is 417 g/mol. The number of benzene rings is 3. The lowest BCUT2D eigenvalue weighted by molar-refractivity contribution is 0.108. The molecule has 0 bridgehead atoms. The number of rotatable bonds is 3. The van der Waals surface area contributed by atoms with Crippen molar-refractivity contribution >= 4 is 39.9 Å². The van der Waals surface area contributed by atoms with E-state index < -0.39 is 6.03 Å². The van der Waals surface area contributed by atoms with Crippen LogP contribution in [0, 0.1) is 13.8 Å². The summed E-state index contributed by atoms with van der Waals surface area (Å²) in [5.41, 5.74) is 5.11. The molecule has 0 saturated carbocycles. The number of aromatic nitrogens is 1. The lowest BCUT2D eigenvalue weighted by atomic mass is 10.1. The van der Waals surface area contributed by atoms with Gasteiger partial charge in [-0.15, -0.1) is 0 Å². The van der Waals surface area contributed by atoms with Crippen molar-refractivity contribution < 1.29 is 14.0 Å². The second-order valence-corrected chi connectivity index (χ2v) is 7.50. The highest BCUT2D eigenvalue weighted by Crippen LogP contribution is 2.30. The molecule has 0 aliphatic carbocycles. The van der Waals surface area contributed by atoms with E-state index in [0.717, 1.165) is 34.2 Å². The first-order chi connectivity index (χ1) is 14.5. The smallest absolute Gasteiger partial charge is 0.329 e. The van der Waals surface area contributed by atoms with Crippen molar-refractivity contribution in [1.29, 1.82) is 0 Å². The number of para-hydroxylation sites is 2. The zero-order valence-corrected chi connectivity index (χ0v) is 17.2. The van der Waals surface area contributed by atoms with E-state index in [1.165, 1.54) is 0 Å². The maximum absolute atomic E-state index is 12.3. The van der Waals surface area contributed by atoms with Crippen molar-refractivity contribution in [1.82, 2.24) is 9.71 Å². The minimum absolute atomic E-state index is 0.222. The van der Waals surface area contributed by atoms with E-state index >= 15 is 0 Å². The average Bonchev–Trinajstić information content (AvgIpc) is 3.18. The highest BCUT2D eigenvalue weighted by molar-refractivity contribution is 8.12. The van der Waals surface area contributed by atoms with Crippen LogP contribution in [0.4, 0.5) is 10.5 Å². The summed E-state index contributed by atoms with van der Waals surface area (Å²) < 4.78 is 8.39. The number of hydrogen-bond acceptors (Lipinski definition) is 5. The molecule has 1 aromatic heterocycles. The van der Waals surface area contributed by atoms with Crippen molar-refractivity contribution in [2.45, 2.75) is 13.8 Å². The summed E-state index contributed by atoms with van der Waals surface area (Å²) in [5.74, 6) is 0.488. The number of carbonyl (C=O) groups excluding carboxylic acids is 2. The maximum atomic E-state index is 12.3. The molecule has 2 amide bonds. The number of hydrogen-bond donors (Lipinski definition) is 2. The van der Waals surface area contributed by atoms with Gasteiger partial charge in [-0.25, -0.2) is 9.78 Å². The quantitative estimate of drug-likeness (QED) is 0.416. The van der Waals surface area contributed by atoms with Crippen LogP contribution in [0.2, 0.25) is 0 Å². The van der Waals surface area contributed by atoms with Crippen LogP contribution in [0.15, 0.2) is 71.1 Å².